The SMILES string of the molecule is CCN(CCC#Cc1ccccn1)C(=O)c1ccccc1F. The molecule has 0 spiro atoms. The van der Waals surface area contributed by atoms with E-state index in [-0.39, 0.29) is 11.5 Å². The number of hydrogen-bond donors (Lipinski definition) is 0. The summed E-state index contributed by atoms with van der Waals surface area (Å²) in [6.07, 6.45) is 2.20. The molecule has 0 fully saturated rings. The van der Waals surface area contributed by atoms with Crippen molar-refractivity contribution in [2.45, 2.75) is 13.3 Å². The Kier molecular flexibility index (Phi) is 5.67. The molecule has 0 saturated carbocycles. The van der Waals surface area contributed by atoms with Crippen LogP contribution in [0.1, 0.15) is 29.4 Å². The molecule has 0 saturated heterocycles. The second-order valence-corrected chi connectivity index (χ2v) is 4.63. The Balaban J connectivity index is 1.97. The second-order valence-electron chi connectivity index (χ2n) is 4.63. The van der Waals surface area contributed by atoms with Crippen LogP contribution in [0, 0.1) is 17.7 Å². The maximum atomic E-state index is 13.7. The quantitative estimate of drug-likeness (QED) is 0.812. The molecule has 0 unspecified atom stereocenters. The van der Waals surface area contributed by atoms with Gasteiger partial charge < -0.3 is 4.90 Å². The highest BCUT2D eigenvalue weighted by Gasteiger charge is 2.16. The summed E-state index contributed by atoms with van der Waals surface area (Å²) in [6, 6.07) is 11.6. The summed E-state index contributed by atoms with van der Waals surface area (Å²) in [6.45, 7) is 2.84. The Bertz CT molecular complexity index is 689. The fourth-order valence-corrected chi connectivity index (χ4v) is 1.99. The molecule has 3 nitrogen and oxygen atoms in total. The van der Waals surface area contributed by atoms with E-state index in [2.05, 4.69) is 16.8 Å². The van der Waals surface area contributed by atoms with Gasteiger partial charge in [0.2, 0.25) is 0 Å². The molecule has 0 bridgehead atoms. The van der Waals surface area contributed by atoms with Crippen LogP contribution in [-0.4, -0.2) is 28.9 Å². The van der Waals surface area contributed by atoms with Crippen molar-refractivity contribution in [2.75, 3.05) is 13.1 Å². The standard InChI is InChI=1S/C18H17FN2O/c1-2-21(18(22)16-11-3-4-12-17(16)19)14-8-6-10-15-9-5-7-13-20-15/h3-5,7,9,11-13H,2,8,14H2,1H3. The average molecular weight is 296 g/mol. The maximum Gasteiger partial charge on any atom is 0.256 e. The molecule has 0 N–H and O–H groups in total. The van der Waals surface area contributed by atoms with E-state index in [1.54, 1.807) is 23.2 Å². The summed E-state index contributed by atoms with van der Waals surface area (Å²) in [5.41, 5.74) is 0.799. The maximum absolute atomic E-state index is 13.7. The van der Waals surface area contributed by atoms with Crippen molar-refractivity contribution in [3.63, 3.8) is 0 Å². The average Bonchev–Trinajstić information content (AvgIpc) is 2.56. The molecule has 1 heterocycles. The van der Waals surface area contributed by atoms with Gasteiger partial charge in [-0.25, -0.2) is 9.37 Å². The topological polar surface area (TPSA) is 33.2 Å². The Labute approximate surface area is 129 Å². The first-order chi connectivity index (χ1) is 10.7. The second kappa shape index (κ2) is 7.94. The highest BCUT2D eigenvalue weighted by Crippen LogP contribution is 2.10. The van der Waals surface area contributed by atoms with E-state index in [1.165, 1.54) is 12.1 Å². The molecule has 2 rings (SSSR count). The first kappa shape index (κ1) is 15.7. The number of aromatic nitrogens is 1. The summed E-state index contributed by atoms with van der Waals surface area (Å²) < 4.78 is 13.7. The highest BCUT2D eigenvalue weighted by atomic mass is 19.1. The van der Waals surface area contributed by atoms with Gasteiger partial charge in [0.15, 0.2) is 0 Å². The molecule has 0 radical (unpaired) electrons. The van der Waals surface area contributed by atoms with Crippen LogP contribution in [0.3, 0.4) is 0 Å². The highest BCUT2D eigenvalue weighted by molar-refractivity contribution is 5.94. The van der Waals surface area contributed by atoms with E-state index in [9.17, 15) is 9.18 Å². The molecule has 0 atom stereocenters. The van der Waals surface area contributed by atoms with Gasteiger partial charge in [0.05, 0.1) is 5.56 Å². The first-order valence-electron chi connectivity index (χ1n) is 7.16. The van der Waals surface area contributed by atoms with Crippen LogP contribution in [0.2, 0.25) is 0 Å². The third-order valence-electron chi connectivity index (χ3n) is 3.16. The fourth-order valence-electron chi connectivity index (χ4n) is 1.99. The van der Waals surface area contributed by atoms with Gasteiger partial charge in [-0.1, -0.05) is 24.1 Å². The van der Waals surface area contributed by atoms with E-state index in [4.69, 9.17) is 0 Å². The predicted molar refractivity (Wildman–Crippen MR) is 83.7 cm³/mol. The van der Waals surface area contributed by atoms with Crippen LogP contribution in [0.4, 0.5) is 4.39 Å². The monoisotopic (exact) mass is 296 g/mol. The van der Waals surface area contributed by atoms with Crippen LogP contribution < -0.4 is 0 Å². The van der Waals surface area contributed by atoms with Crippen LogP contribution in [0.25, 0.3) is 0 Å². The number of carbonyl (C=O) groups excluding carboxylic acids is 1. The molecule has 1 amide bonds. The number of carbonyl (C=O) groups is 1. The molecule has 2 aromatic rings. The van der Waals surface area contributed by atoms with Crippen LogP contribution >= 0.6 is 0 Å². The molecule has 1 aromatic carbocycles. The Morgan fingerprint density at radius 2 is 2.00 bits per heavy atom. The molecular formula is C18H17FN2O. The fraction of sp³-hybridized carbons (Fsp3) is 0.222. The Hall–Kier alpha value is -2.67. The number of pyridine rings is 1. The zero-order chi connectivity index (χ0) is 15.8. The minimum absolute atomic E-state index is 0.0991. The largest absolute Gasteiger partial charge is 0.338 e. The zero-order valence-electron chi connectivity index (χ0n) is 12.4. The number of amides is 1. The number of halogens is 1. The van der Waals surface area contributed by atoms with E-state index in [1.807, 2.05) is 25.1 Å². The number of hydrogen-bond acceptors (Lipinski definition) is 2. The zero-order valence-corrected chi connectivity index (χ0v) is 12.4. The minimum atomic E-state index is -0.495. The summed E-state index contributed by atoms with van der Waals surface area (Å²) >= 11 is 0. The van der Waals surface area contributed by atoms with Gasteiger partial charge in [0.1, 0.15) is 11.5 Å². The first-order valence-corrected chi connectivity index (χ1v) is 7.16. The molecule has 112 valence electrons. The van der Waals surface area contributed by atoms with Crippen LogP contribution in [-0.2, 0) is 0 Å². The van der Waals surface area contributed by atoms with Gasteiger partial charge >= 0.3 is 0 Å². The predicted octanol–water partition coefficient (Wildman–Crippen LogP) is 3.12. The molecule has 0 aliphatic rings. The Morgan fingerprint density at radius 3 is 2.68 bits per heavy atom. The van der Waals surface area contributed by atoms with Gasteiger partial charge in [-0.15, -0.1) is 0 Å². The lowest BCUT2D eigenvalue weighted by atomic mass is 10.2. The van der Waals surface area contributed by atoms with Crippen molar-refractivity contribution in [1.29, 1.82) is 0 Å². The van der Waals surface area contributed by atoms with E-state index < -0.39 is 5.82 Å². The van der Waals surface area contributed by atoms with Crippen molar-refractivity contribution in [3.8, 4) is 11.8 Å². The van der Waals surface area contributed by atoms with Gasteiger partial charge in [-0.2, -0.15) is 0 Å². The van der Waals surface area contributed by atoms with Gasteiger partial charge in [-0.3, -0.25) is 4.79 Å². The number of benzene rings is 1. The van der Waals surface area contributed by atoms with Crippen molar-refractivity contribution in [3.05, 3.63) is 65.7 Å². The van der Waals surface area contributed by atoms with Crippen LogP contribution in [0.5, 0.6) is 0 Å². The van der Waals surface area contributed by atoms with Crippen molar-refractivity contribution < 1.29 is 9.18 Å². The van der Waals surface area contributed by atoms with Crippen molar-refractivity contribution in [2.24, 2.45) is 0 Å². The molecule has 4 heteroatoms. The summed E-state index contributed by atoms with van der Waals surface area (Å²) in [5, 5.41) is 0. The van der Waals surface area contributed by atoms with E-state index in [0.717, 1.165) is 0 Å². The third kappa shape index (κ3) is 4.16. The molecule has 0 aliphatic carbocycles. The van der Waals surface area contributed by atoms with Gasteiger partial charge in [0.25, 0.3) is 5.91 Å². The van der Waals surface area contributed by atoms with E-state index >= 15 is 0 Å². The van der Waals surface area contributed by atoms with Gasteiger partial charge in [-0.05, 0) is 37.1 Å². The minimum Gasteiger partial charge on any atom is -0.338 e. The molecular weight excluding hydrogens is 279 g/mol. The third-order valence-corrected chi connectivity index (χ3v) is 3.16. The lowest BCUT2D eigenvalue weighted by molar-refractivity contribution is 0.0763. The van der Waals surface area contributed by atoms with Gasteiger partial charge in [0, 0.05) is 25.7 Å². The lowest BCUT2D eigenvalue weighted by Gasteiger charge is -2.19. The Morgan fingerprint density at radius 1 is 1.23 bits per heavy atom. The smallest absolute Gasteiger partial charge is 0.256 e. The van der Waals surface area contributed by atoms with Crippen molar-refractivity contribution in [1.82, 2.24) is 9.88 Å². The van der Waals surface area contributed by atoms with E-state index in [0.29, 0.717) is 25.2 Å². The summed E-state index contributed by atoms with van der Waals surface area (Å²) in [5.74, 6) is 5.13. The molecule has 22 heavy (non-hydrogen) atoms. The molecule has 1 aromatic heterocycles. The number of rotatable bonds is 4. The summed E-state index contributed by atoms with van der Waals surface area (Å²) in [7, 11) is 0. The molecule has 0 aliphatic heterocycles. The normalized spacial score (nSPS) is 9.73. The van der Waals surface area contributed by atoms with Crippen molar-refractivity contribution >= 4 is 5.91 Å². The lowest BCUT2D eigenvalue weighted by Crippen LogP contribution is -2.32. The summed E-state index contributed by atoms with van der Waals surface area (Å²) in [4.78, 5) is 18.0. The number of nitrogens with zero attached hydrogens (tertiary/aromatic N) is 2. The van der Waals surface area contributed by atoms with Crippen LogP contribution in [0.15, 0.2) is 48.7 Å².